The van der Waals surface area contributed by atoms with Crippen LogP contribution in [0, 0.1) is 0 Å². The van der Waals surface area contributed by atoms with Crippen LogP contribution in [0.1, 0.15) is 53.9 Å². The summed E-state index contributed by atoms with van der Waals surface area (Å²) < 4.78 is 10.8. The van der Waals surface area contributed by atoms with E-state index in [0.717, 1.165) is 19.3 Å². The molecule has 0 aliphatic heterocycles. The lowest BCUT2D eigenvalue weighted by atomic mass is 10.1. The van der Waals surface area contributed by atoms with Gasteiger partial charge < -0.3 is 9.47 Å². The van der Waals surface area contributed by atoms with Gasteiger partial charge in [0.05, 0.1) is 12.2 Å². The van der Waals surface area contributed by atoms with E-state index >= 15 is 0 Å². The molecule has 0 spiro atoms. The van der Waals surface area contributed by atoms with Crippen LogP contribution in [0.2, 0.25) is 0 Å². The molecule has 0 aromatic heterocycles. The van der Waals surface area contributed by atoms with E-state index in [9.17, 15) is 4.79 Å². The Labute approximate surface area is 93.1 Å². The maximum atomic E-state index is 11.6. The predicted molar refractivity (Wildman–Crippen MR) is 60.8 cm³/mol. The second-order valence-corrected chi connectivity index (χ2v) is 4.68. The second-order valence-electron chi connectivity index (χ2n) is 4.68. The summed E-state index contributed by atoms with van der Waals surface area (Å²) >= 11 is 0. The Hall–Kier alpha value is -0.570. The number of hydrogen-bond acceptors (Lipinski definition) is 3. The molecule has 3 heteroatoms. The van der Waals surface area contributed by atoms with Crippen LogP contribution in [-0.4, -0.2) is 24.3 Å². The predicted octanol–water partition coefficient (Wildman–Crippen LogP) is 2.92. The molecule has 1 atom stereocenters. The Morgan fingerprint density at radius 2 is 1.80 bits per heavy atom. The van der Waals surface area contributed by atoms with E-state index in [0.29, 0.717) is 6.61 Å². The van der Waals surface area contributed by atoms with Crippen LogP contribution in [0.3, 0.4) is 0 Å². The monoisotopic (exact) mass is 216 g/mol. The molecule has 0 aliphatic rings. The molecular weight excluding hydrogens is 192 g/mol. The fourth-order valence-corrected chi connectivity index (χ4v) is 1.21. The van der Waals surface area contributed by atoms with Crippen molar-refractivity contribution in [3.05, 3.63) is 0 Å². The molecule has 0 N–H and O–H groups in total. The van der Waals surface area contributed by atoms with Gasteiger partial charge in [-0.3, -0.25) is 0 Å². The summed E-state index contributed by atoms with van der Waals surface area (Å²) in [5.74, 6) is -0.228. The van der Waals surface area contributed by atoms with Crippen molar-refractivity contribution in [1.82, 2.24) is 0 Å². The quantitative estimate of drug-likeness (QED) is 0.640. The topological polar surface area (TPSA) is 35.5 Å². The lowest BCUT2D eigenvalue weighted by Gasteiger charge is -2.26. The Morgan fingerprint density at radius 3 is 2.20 bits per heavy atom. The summed E-state index contributed by atoms with van der Waals surface area (Å²) in [4.78, 5) is 11.6. The van der Waals surface area contributed by atoms with Crippen molar-refractivity contribution in [3.8, 4) is 0 Å². The molecule has 3 nitrogen and oxygen atoms in total. The molecule has 15 heavy (non-hydrogen) atoms. The van der Waals surface area contributed by atoms with Gasteiger partial charge in [0.2, 0.25) is 0 Å². The largest absolute Gasteiger partial charge is 0.464 e. The van der Waals surface area contributed by atoms with Gasteiger partial charge >= 0.3 is 5.97 Å². The molecule has 0 heterocycles. The van der Waals surface area contributed by atoms with Crippen LogP contribution in [-0.2, 0) is 14.3 Å². The van der Waals surface area contributed by atoms with Gasteiger partial charge in [0.25, 0.3) is 0 Å². The Balaban J connectivity index is 4.18. The molecule has 90 valence electrons. The Bertz CT molecular complexity index is 182. The number of rotatable bonds is 6. The van der Waals surface area contributed by atoms with E-state index in [1.807, 2.05) is 34.6 Å². The van der Waals surface area contributed by atoms with Crippen molar-refractivity contribution >= 4 is 5.97 Å². The maximum absolute atomic E-state index is 11.6. The highest BCUT2D eigenvalue weighted by Crippen LogP contribution is 2.15. The van der Waals surface area contributed by atoms with Gasteiger partial charge in [-0.15, -0.1) is 0 Å². The van der Waals surface area contributed by atoms with Crippen molar-refractivity contribution in [1.29, 1.82) is 0 Å². The lowest BCUT2D eigenvalue weighted by Crippen LogP contribution is -2.34. The van der Waals surface area contributed by atoms with Crippen molar-refractivity contribution in [2.24, 2.45) is 0 Å². The Morgan fingerprint density at radius 1 is 1.20 bits per heavy atom. The number of carbonyl (C=O) groups excluding carboxylic acids is 1. The van der Waals surface area contributed by atoms with Crippen LogP contribution in [0.15, 0.2) is 0 Å². The Kier molecular flexibility index (Phi) is 6.57. The van der Waals surface area contributed by atoms with Crippen LogP contribution >= 0.6 is 0 Å². The standard InChI is InChI=1S/C12H24O3/c1-6-8-10(15-12(3,4)5)11(13)14-9-7-2/h10H,6-9H2,1-5H3. The van der Waals surface area contributed by atoms with Crippen molar-refractivity contribution in [3.63, 3.8) is 0 Å². The number of hydrogen-bond donors (Lipinski definition) is 0. The zero-order valence-corrected chi connectivity index (χ0v) is 10.6. The van der Waals surface area contributed by atoms with Gasteiger partial charge in [0.1, 0.15) is 0 Å². The van der Waals surface area contributed by atoms with E-state index < -0.39 is 6.10 Å². The van der Waals surface area contributed by atoms with Crippen LogP contribution in [0.25, 0.3) is 0 Å². The second kappa shape index (κ2) is 6.83. The van der Waals surface area contributed by atoms with Crippen molar-refractivity contribution < 1.29 is 14.3 Å². The SMILES string of the molecule is CCCOC(=O)C(CCC)OC(C)(C)C. The summed E-state index contributed by atoms with van der Waals surface area (Å²) in [6.45, 7) is 10.3. The third kappa shape index (κ3) is 7.37. The molecule has 0 saturated heterocycles. The third-order valence-corrected chi connectivity index (χ3v) is 1.76. The first kappa shape index (κ1) is 14.4. The number of carbonyl (C=O) groups is 1. The molecule has 0 saturated carbocycles. The number of ether oxygens (including phenoxy) is 2. The minimum Gasteiger partial charge on any atom is -0.464 e. The molecular formula is C12H24O3. The smallest absolute Gasteiger partial charge is 0.335 e. The molecule has 0 bridgehead atoms. The first-order valence-corrected chi connectivity index (χ1v) is 5.75. The van der Waals surface area contributed by atoms with Crippen LogP contribution in [0.5, 0.6) is 0 Å². The fraction of sp³-hybridized carbons (Fsp3) is 0.917. The van der Waals surface area contributed by atoms with Gasteiger partial charge in [-0.05, 0) is 33.6 Å². The minimum absolute atomic E-state index is 0.228. The first-order chi connectivity index (χ1) is 6.90. The van der Waals surface area contributed by atoms with Gasteiger partial charge in [-0.2, -0.15) is 0 Å². The van der Waals surface area contributed by atoms with E-state index in [2.05, 4.69) is 0 Å². The molecule has 0 aromatic rings. The fourth-order valence-electron chi connectivity index (χ4n) is 1.21. The third-order valence-electron chi connectivity index (χ3n) is 1.76. The normalized spacial score (nSPS) is 13.7. The molecule has 0 amide bonds. The van der Waals surface area contributed by atoms with Gasteiger partial charge in [-0.1, -0.05) is 20.3 Å². The lowest BCUT2D eigenvalue weighted by molar-refractivity contribution is -0.167. The van der Waals surface area contributed by atoms with Gasteiger partial charge in [0.15, 0.2) is 6.10 Å². The molecule has 0 aromatic carbocycles. The van der Waals surface area contributed by atoms with E-state index in [-0.39, 0.29) is 11.6 Å². The van der Waals surface area contributed by atoms with Crippen molar-refractivity contribution in [2.45, 2.75) is 65.6 Å². The molecule has 0 rings (SSSR count). The first-order valence-electron chi connectivity index (χ1n) is 5.75. The summed E-state index contributed by atoms with van der Waals surface area (Å²) in [7, 11) is 0. The van der Waals surface area contributed by atoms with E-state index in [4.69, 9.17) is 9.47 Å². The highest BCUT2D eigenvalue weighted by Gasteiger charge is 2.25. The highest BCUT2D eigenvalue weighted by molar-refractivity contribution is 5.74. The summed E-state index contributed by atoms with van der Waals surface area (Å²) in [6.07, 6.45) is 2.07. The molecule has 0 fully saturated rings. The van der Waals surface area contributed by atoms with Gasteiger partial charge in [0, 0.05) is 0 Å². The summed E-state index contributed by atoms with van der Waals surface area (Å²) in [5.41, 5.74) is -0.301. The van der Waals surface area contributed by atoms with E-state index in [1.54, 1.807) is 0 Å². The average Bonchev–Trinajstić information content (AvgIpc) is 2.11. The zero-order valence-electron chi connectivity index (χ0n) is 10.6. The van der Waals surface area contributed by atoms with Crippen molar-refractivity contribution in [2.75, 3.05) is 6.61 Å². The molecule has 0 aliphatic carbocycles. The van der Waals surface area contributed by atoms with E-state index in [1.165, 1.54) is 0 Å². The maximum Gasteiger partial charge on any atom is 0.335 e. The van der Waals surface area contributed by atoms with Crippen LogP contribution < -0.4 is 0 Å². The number of esters is 1. The van der Waals surface area contributed by atoms with Crippen LogP contribution in [0.4, 0.5) is 0 Å². The molecule has 1 unspecified atom stereocenters. The molecule has 0 radical (unpaired) electrons. The average molecular weight is 216 g/mol. The minimum atomic E-state index is -0.415. The summed E-state index contributed by atoms with van der Waals surface area (Å²) in [5, 5.41) is 0. The highest BCUT2D eigenvalue weighted by atomic mass is 16.6. The van der Waals surface area contributed by atoms with Gasteiger partial charge in [-0.25, -0.2) is 4.79 Å². The zero-order chi connectivity index (χ0) is 11.9. The summed E-state index contributed by atoms with van der Waals surface area (Å²) in [6, 6.07) is 0.